The zero-order valence-corrected chi connectivity index (χ0v) is 12.7. The molecule has 7 heteroatoms. The Morgan fingerprint density at radius 2 is 2.41 bits per heavy atom. The number of carbonyl (C=O) groups excluding carboxylic acids is 1. The SMILES string of the molecule is COC[C@@H]1[C@H](NC(=O)c2cnn3ccn(C)c23)[C@@H]2CCO[C@H]12. The Labute approximate surface area is 128 Å². The molecule has 3 heterocycles. The number of carbonyl (C=O) groups is 1. The van der Waals surface area contributed by atoms with Crippen LogP contribution in [0.15, 0.2) is 18.6 Å². The highest BCUT2D eigenvalue weighted by Gasteiger charge is 2.54. The average Bonchev–Trinajstić information content (AvgIpc) is 3.19. The van der Waals surface area contributed by atoms with Gasteiger partial charge in [0.15, 0.2) is 0 Å². The van der Waals surface area contributed by atoms with Crippen LogP contribution in [-0.2, 0) is 16.5 Å². The molecule has 0 unspecified atom stereocenters. The first-order chi connectivity index (χ1) is 10.7. The van der Waals surface area contributed by atoms with Crippen molar-refractivity contribution in [2.45, 2.75) is 18.6 Å². The minimum atomic E-state index is -0.0757. The lowest BCUT2D eigenvalue weighted by molar-refractivity contribution is -0.0809. The van der Waals surface area contributed by atoms with Gasteiger partial charge in [-0.25, -0.2) is 4.52 Å². The summed E-state index contributed by atoms with van der Waals surface area (Å²) in [5, 5.41) is 7.39. The molecule has 22 heavy (non-hydrogen) atoms. The summed E-state index contributed by atoms with van der Waals surface area (Å²) in [4.78, 5) is 12.7. The molecule has 7 nitrogen and oxygen atoms in total. The van der Waals surface area contributed by atoms with Gasteiger partial charge in [-0.15, -0.1) is 0 Å². The first-order valence-electron chi connectivity index (χ1n) is 7.60. The van der Waals surface area contributed by atoms with Crippen LogP contribution in [0, 0.1) is 11.8 Å². The van der Waals surface area contributed by atoms with E-state index < -0.39 is 0 Å². The molecule has 1 N–H and O–H groups in total. The summed E-state index contributed by atoms with van der Waals surface area (Å²) >= 11 is 0. The number of methoxy groups -OCH3 is 1. The molecule has 4 rings (SSSR count). The largest absolute Gasteiger partial charge is 0.384 e. The van der Waals surface area contributed by atoms with Crippen LogP contribution in [0.2, 0.25) is 0 Å². The maximum atomic E-state index is 12.7. The van der Waals surface area contributed by atoms with Crippen LogP contribution in [-0.4, -0.2) is 52.6 Å². The minimum absolute atomic E-state index is 0.0757. The van der Waals surface area contributed by atoms with E-state index in [-0.39, 0.29) is 24.0 Å². The van der Waals surface area contributed by atoms with Crippen LogP contribution in [0.25, 0.3) is 5.65 Å². The van der Waals surface area contributed by atoms with Crippen LogP contribution < -0.4 is 5.32 Å². The second-order valence-corrected chi connectivity index (χ2v) is 6.14. The topological polar surface area (TPSA) is 69.8 Å². The Morgan fingerprint density at radius 1 is 1.55 bits per heavy atom. The lowest BCUT2D eigenvalue weighted by Gasteiger charge is -2.47. The third kappa shape index (κ3) is 1.89. The minimum Gasteiger partial charge on any atom is -0.384 e. The van der Waals surface area contributed by atoms with Gasteiger partial charge >= 0.3 is 0 Å². The van der Waals surface area contributed by atoms with Gasteiger partial charge in [-0.1, -0.05) is 0 Å². The second kappa shape index (κ2) is 5.10. The van der Waals surface area contributed by atoms with Crippen LogP contribution in [0.4, 0.5) is 0 Å². The number of aryl methyl sites for hydroxylation is 1. The number of hydrogen-bond acceptors (Lipinski definition) is 4. The smallest absolute Gasteiger partial charge is 0.256 e. The molecular formula is C15H20N4O3. The molecule has 118 valence electrons. The number of rotatable bonds is 4. The van der Waals surface area contributed by atoms with E-state index in [1.165, 1.54) is 0 Å². The summed E-state index contributed by atoms with van der Waals surface area (Å²) in [6.45, 7) is 1.39. The van der Waals surface area contributed by atoms with Crippen LogP contribution in [0.3, 0.4) is 0 Å². The highest BCUT2D eigenvalue weighted by molar-refractivity contribution is 6.00. The standard InChI is InChI=1S/C15H20N4O3/c1-18-4-5-19-15(18)10(7-16-19)14(20)17-12-9-3-6-22-13(9)11(12)8-21-2/h4-5,7,9,11-13H,3,6,8H2,1-2H3,(H,17,20)/t9-,11+,12+,13-/m0/s1. The second-order valence-electron chi connectivity index (χ2n) is 6.14. The molecule has 1 saturated carbocycles. The van der Waals surface area contributed by atoms with Crippen LogP contribution >= 0.6 is 0 Å². The van der Waals surface area contributed by atoms with Crippen molar-refractivity contribution in [1.82, 2.24) is 19.5 Å². The normalized spacial score (nSPS) is 30.3. The fraction of sp³-hybridized carbons (Fsp3) is 0.600. The van der Waals surface area contributed by atoms with E-state index in [1.54, 1.807) is 17.8 Å². The molecule has 0 radical (unpaired) electrons. The third-order valence-electron chi connectivity index (χ3n) is 4.96. The number of hydrogen-bond donors (Lipinski definition) is 1. The molecule has 1 saturated heterocycles. The highest BCUT2D eigenvalue weighted by atomic mass is 16.5. The van der Waals surface area contributed by atoms with Crippen molar-refractivity contribution in [3.8, 4) is 0 Å². The fourth-order valence-electron chi connectivity index (χ4n) is 3.87. The first-order valence-corrected chi connectivity index (χ1v) is 7.60. The predicted octanol–water partition coefficient (Wildman–Crippen LogP) is 0.452. The Bertz CT molecular complexity index is 707. The van der Waals surface area contributed by atoms with Crippen molar-refractivity contribution in [3.63, 3.8) is 0 Å². The van der Waals surface area contributed by atoms with Crippen molar-refractivity contribution in [2.75, 3.05) is 20.3 Å². The van der Waals surface area contributed by atoms with E-state index in [1.807, 2.05) is 24.0 Å². The van der Waals surface area contributed by atoms with Crippen molar-refractivity contribution in [2.24, 2.45) is 18.9 Å². The molecular weight excluding hydrogens is 284 g/mol. The number of imidazole rings is 1. The Balaban J connectivity index is 1.55. The molecule has 0 aromatic carbocycles. The molecule has 2 fully saturated rings. The predicted molar refractivity (Wildman–Crippen MR) is 78.6 cm³/mol. The number of nitrogens with zero attached hydrogens (tertiary/aromatic N) is 3. The molecule has 1 aliphatic heterocycles. The molecule has 2 aromatic heterocycles. The summed E-state index contributed by atoms with van der Waals surface area (Å²) in [7, 11) is 3.60. The van der Waals surface area contributed by atoms with Crippen LogP contribution in [0.1, 0.15) is 16.8 Å². The van der Waals surface area contributed by atoms with Gasteiger partial charge < -0.3 is 19.4 Å². The number of fused-ring (bicyclic) bond motifs is 2. The molecule has 2 aliphatic rings. The van der Waals surface area contributed by atoms with Gasteiger partial charge in [0.05, 0.1) is 18.9 Å². The summed E-state index contributed by atoms with van der Waals surface area (Å²) < 4.78 is 14.6. The Morgan fingerprint density at radius 3 is 3.23 bits per heavy atom. The molecule has 0 bridgehead atoms. The number of amides is 1. The van der Waals surface area contributed by atoms with Crippen molar-refractivity contribution in [1.29, 1.82) is 0 Å². The Kier molecular flexibility index (Phi) is 3.19. The van der Waals surface area contributed by atoms with Crippen molar-refractivity contribution >= 4 is 11.6 Å². The van der Waals surface area contributed by atoms with Gasteiger partial charge in [0.25, 0.3) is 5.91 Å². The van der Waals surface area contributed by atoms with E-state index in [9.17, 15) is 4.79 Å². The van der Waals surface area contributed by atoms with Gasteiger partial charge in [0.1, 0.15) is 11.2 Å². The lowest BCUT2D eigenvalue weighted by atomic mass is 9.67. The number of aromatic nitrogens is 3. The number of nitrogens with one attached hydrogen (secondary N) is 1. The van der Waals surface area contributed by atoms with E-state index in [2.05, 4.69) is 10.4 Å². The van der Waals surface area contributed by atoms with Crippen LogP contribution in [0.5, 0.6) is 0 Å². The summed E-state index contributed by atoms with van der Waals surface area (Å²) in [5.74, 6) is 0.567. The van der Waals surface area contributed by atoms with E-state index in [0.29, 0.717) is 18.1 Å². The molecule has 0 spiro atoms. The lowest BCUT2D eigenvalue weighted by Crippen LogP contribution is -2.62. The molecule has 1 amide bonds. The van der Waals surface area contributed by atoms with E-state index >= 15 is 0 Å². The maximum Gasteiger partial charge on any atom is 0.256 e. The van der Waals surface area contributed by atoms with E-state index in [0.717, 1.165) is 18.7 Å². The van der Waals surface area contributed by atoms with Gasteiger partial charge in [-0.3, -0.25) is 4.79 Å². The van der Waals surface area contributed by atoms with Crippen molar-refractivity contribution in [3.05, 3.63) is 24.2 Å². The summed E-state index contributed by atoms with van der Waals surface area (Å²) in [6, 6.07) is 0.121. The zero-order valence-electron chi connectivity index (χ0n) is 12.7. The Hall–Kier alpha value is -1.86. The van der Waals surface area contributed by atoms with Gasteiger partial charge in [-0.2, -0.15) is 5.10 Å². The van der Waals surface area contributed by atoms with Gasteiger partial charge in [0.2, 0.25) is 0 Å². The monoisotopic (exact) mass is 304 g/mol. The average molecular weight is 304 g/mol. The third-order valence-corrected chi connectivity index (χ3v) is 4.96. The molecule has 1 aliphatic carbocycles. The first kappa shape index (κ1) is 13.8. The quantitative estimate of drug-likeness (QED) is 0.890. The molecule has 2 aromatic rings. The highest BCUT2D eigenvalue weighted by Crippen LogP contribution is 2.43. The molecule has 4 atom stereocenters. The summed E-state index contributed by atoms with van der Waals surface area (Å²) in [5.41, 5.74) is 1.41. The summed E-state index contributed by atoms with van der Waals surface area (Å²) in [6.07, 6.45) is 6.58. The maximum absolute atomic E-state index is 12.7. The van der Waals surface area contributed by atoms with Gasteiger partial charge in [-0.05, 0) is 6.42 Å². The number of ether oxygens (including phenoxy) is 2. The van der Waals surface area contributed by atoms with Crippen molar-refractivity contribution < 1.29 is 14.3 Å². The van der Waals surface area contributed by atoms with E-state index in [4.69, 9.17) is 9.47 Å². The van der Waals surface area contributed by atoms with Gasteiger partial charge in [0, 0.05) is 51.0 Å². The fourth-order valence-corrected chi connectivity index (χ4v) is 3.87. The zero-order chi connectivity index (χ0) is 15.3.